The van der Waals surface area contributed by atoms with Gasteiger partial charge in [-0.05, 0) is 61.4 Å². The average Bonchev–Trinajstić information content (AvgIpc) is 3.33. The van der Waals surface area contributed by atoms with Crippen LogP contribution in [0.5, 0.6) is 5.75 Å². The van der Waals surface area contributed by atoms with Crippen LogP contribution in [0.4, 0.5) is 10.5 Å². The van der Waals surface area contributed by atoms with Crippen LogP contribution in [0.3, 0.4) is 0 Å². The minimum Gasteiger partial charge on any atom is -0.497 e. The van der Waals surface area contributed by atoms with Gasteiger partial charge in [0.05, 0.1) is 31.0 Å². The van der Waals surface area contributed by atoms with Crippen LogP contribution in [0.1, 0.15) is 34.9 Å². The molecule has 0 bridgehead atoms. The van der Waals surface area contributed by atoms with Gasteiger partial charge in [-0.3, -0.25) is 0 Å². The number of benzene rings is 2. The van der Waals surface area contributed by atoms with Gasteiger partial charge in [0.2, 0.25) is 0 Å². The van der Waals surface area contributed by atoms with Crippen LogP contribution in [0, 0.1) is 0 Å². The fourth-order valence-corrected chi connectivity index (χ4v) is 4.71. The SMILES string of the molecule is COC(=O)c1ccc(NC(=O)N2CCCC(c3nc(-c4cccc(OC)c4)c4ccccn34)C2)cc1. The Morgan fingerprint density at radius 3 is 2.64 bits per heavy atom. The molecule has 8 heteroatoms. The maximum Gasteiger partial charge on any atom is 0.337 e. The van der Waals surface area contributed by atoms with Crippen LogP contribution in [0.15, 0.2) is 72.9 Å². The van der Waals surface area contributed by atoms with Gasteiger partial charge in [0.1, 0.15) is 11.6 Å². The molecule has 2 amide bonds. The van der Waals surface area contributed by atoms with Crippen molar-refractivity contribution in [2.24, 2.45) is 0 Å². The van der Waals surface area contributed by atoms with Gasteiger partial charge in [-0.25, -0.2) is 14.6 Å². The highest BCUT2D eigenvalue weighted by atomic mass is 16.5. The molecule has 1 N–H and O–H groups in total. The van der Waals surface area contributed by atoms with E-state index in [1.165, 1.54) is 7.11 Å². The number of urea groups is 1. The van der Waals surface area contributed by atoms with Crippen LogP contribution in [-0.2, 0) is 4.74 Å². The van der Waals surface area contributed by atoms with Crippen molar-refractivity contribution in [3.05, 3.63) is 84.3 Å². The number of carbonyl (C=O) groups excluding carboxylic acids is 2. The molecule has 0 spiro atoms. The molecule has 1 saturated heterocycles. The number of imidazole rings is 1. The topological polar surface area (TPSA) is 85.2 Å². The van der Waals surface area contributed by atoms with Crippen LogP contribution >= 0.6 is 0 Å². The van der Waals surface area contributed by atoms with Crippen molar-refractivity contribution in [1.29, 1.82) is 0 Å². The van der Waals surface area contributed by atoms with E-state index in [-0.39, 0.29) is 11.9 Å². The van der Waals surface area contributed by atoms with E-state index in [4.69, 9.17) is 14.5 Å². The molecule has 1 fully saturated rings. The lowest BCUT2D eigenvalue weighted by Crippen LogP contribution is -2.42. The highest BCUT2D eigenvalue weighted by molar-refractivity contribution is 5.92. The molecule has 2 aromatic carbocycles. The van der Waals surface area contributed by atoms with Crippen molar-refractivity contribution >= 4 is 23.2 Å². The van der Waals surface area contributed by atoms with Gasteiger partial charge in [-0.2, -0.15) is 0 Å². The molecule has 2 aromatic heterocycles. The number of hydrogen-bond acceptors (Lipinski definition) is 5. The summed E-state index contributed by atoms with van der Waals surface area (Å²) >= 11 is 0. The zero-order valence-corrected chi connectivity index (χ0v) is 20.3. The second-order valence-electron chi connectivity index (χ2n) is 8.79. The van der Waals surface area contributed by atoms with E-state index in [0.717, 1.165) is 41.2 Å². The Labute approximate surface area is 209 Å². The van der Waals surface area contributed by atoms with Gasteiger partial charge >= 0.3 is 12.0 Å². The first-order valence-corrected chi connectivity index (χ1v) is 11.9. The molecule has 3 heterocycles. The maximum atomic E-state index is 13.1. The van der Waals surface area contributed by atoms with Gasteiger partial charge in [-0.1, -0.05) is 18.2 Å². The van der Waals surface area contributed by atoms with Crippen molar-refractivity contribution in [3.63, 3.8) is 0 Å². The maximum absolute atomic E-state index is 13.1. The highest BCUT2D eigenvalue weighted by Crippen LogP contribution is 2.33. The number of carbonyl (C=O) groups is 2. The predicted molar refractivity (Wildman–Crippen MR) is 138 cm³/mol. The number of methoxy groups -OCH3 is 2. The first kappa shape index (κ1) is 23.4. The highest BCUT2D eigenvalue weighted by Gasteiger charge is 2.29. The van der Waals surface area contributed by atoms with E-state index in [1.54, 1.807) is 31.4 Å². The molecule has 0 aliphatic carbocycles. The number of rotatable bonds is 5. The minimum absolute atomic E-state index is 0.0976. The first-order chi connectivity index (χ1) is 17.6. The molecule has 1 atom stereocenters. The smallest absolute Gasteiger partial charge is 0.337 e. The molecule has 0 saturated carbocycles. The Hall–Kier alpha value is -4.33. The largest absolute Gasteiger partial charge is 0.497 e. The van der Waals surface area contributed by atoms with Crippen molar-refractivity contribution < 1.29 is 19.1 Å². The number of piperidine rings is 1. The Bertz CT molecular complexity index is 1400. The summed E-state index contributed by atoms with van der Waals surface area (Å²) in [5, 5.41) is 2.94. The fourth-order valence-electron chi connectivity index (χ4n) is 4.71. The first-order valence-electron chi connectivity index (χ1n) is 11.9. The molecule has 184 valence electrons. The number of esters is 1. The fraction of sp³-hybridized carbons (Fsp3) is 0.250. The van der Waals surface area contributed by atoms with Gasteiger partial charge in [0.15, 0.2) is 0 Å². The van der Waals surface area contributed by atoms with Crippen LogP contribution < -0.4 is 10.1 Å². The third kappa shape index (κ3) is 4.62. The standard InChI is InChI=1S/C28H28N4O4/c1-35-23-9-5-7-20(17-23)25-24-10-3-4-16-32(24)26(30-25)21-8-6-15-31(18-21)28(34)29-22-13-11-19(12-14-22)27(33)36-2/h3-5,7,9-14,16-17,21H,6,8,15,18H2,1-2H3,(H,29,34). The van der Waals surface area contributed by atoms with Gasteiger partial charge < -0.3 is 24.1 Å². The second kappa shape index (κ2) is 10.1. The number of pyridine rings is 1. The molecule has 1 aliphatic rings. The molecular weight excluding hydrogens is 456 g/mol. The van der Waals surface area contributed by atoms with Crippen LogP contribution in [0.2, 0.25) is 0 Å². The summed E-state index contributed by atoms with van der Waals surface area (Å²) in [5.74, 6) is 1.42. The second-order valence-corrected chi connectivity index (χ2v) is 8.79. The number of nitrogens with one attached hydrogen (secondary N) is 1. The van der Waals surface area contributed by atoms with E-state index >= 15 is 0 Å². The van der Waals surface area contributed by atoms with Crippen molar-refractivity contribution in [2.75, 3.05) is 32.6 Å². The van der Waals surface area contributed by atoms with E-state index in [0.29, 0.717) is 24.3 Å². The number of nitrogens with zero attached hydrogens (tertiary/aromatic N) is 3. The molecule has 4 aromatic rings. The lowest BCUT2D eigenvalue weighted by Gasteiger charge is -2.32. The summed E-state index contributed by atoms with van der Waals surface area (Å²) in [4.78, 5) is 31.6. The monoisotopic (exact) mass is 484 g/mol. The van der Waals surface area contributed by atoms with Gasteiger partial charge in [0.25, 0.3) is 0 Å². The molecule has 5 rings (SSSR count). The molecule has 36 heavy (non-hydrogen) atoms. The Morgan fingerprint density at radius 2 is 1.86 bits per heavy atom. The van der Waals surface area contributed by atoms with E-state index in [1.807, 2.05) is 47.5 Å². The summed E-state index contributed by atoms with van der Waals surface area (Å²) in [5.41, 5.74) is 3.97. The quantitative estimate of drug-likeness (QED) is 0.393. The summed E-state index contributed by atoms with van der Waals surface area (Å²) in [6.45, 7) is 1.24. The number of aromatic nitrogens is 2. The summed E-state index contributed by atoms with van der Waals surface area (Å²) in [6, 6.07) is 20.5. The number of likely N-dealkylation sites (tertiary alicyclic amines) is 1. The normalized spacial score (nSPS) is 15.5. The average molecular weight is 485 g/mol. The number of fused-ring (bicyclic) bond motifs is 1. The van der Waals surface area contributed by atoms with Crippen LogP contribution in [-0.4, -0.2) is 53.6 Å². The zero-order valence-electron chi connectivity index (χ0n) is 20.3. The molecule has 1 aliphatic heterocycles. The van der Waals surface area contributed by atoms with Crippen molar-refractivity contribution in [3.8, 4) is 17.0 Å². The Balaban J connectivity index is 1.37. The molecular formula is C28H28N4O4. The summed E-state index contributed by atoms with van der Waals surface area (Å²) in [7, 11) is 3.00. The number of ether oxygens (including phenoxy) is 2. The molecule has 8 nitrogen and oxygen atoms in total. The minimum atomic E-state index is -0.410. The zero-order chi connectivity index (χ0) is 25.1. The van der Waals surface area contributed by atoms with Crippen molar-refractivity contribution in [2.45, 2.75) is 18.8 Å². The van der Waals surface area contributed by atoms with Gasteiger partial charge in [0, 0.05) is 36.5 Å². The lowest BCUT2D eigenvalue weighted by molar-refractivity contribution is 0.0600. The van der Waals surface area contributed by atoms with Crippen LogP contribution in [0.25, 0.3) is 16.8 Å². The van der Waals surface area contributed by atoms with Gasteiger partial charge in [-0.15, -0.1) is 0 Å². The third-order valence-corrected chi connectivity index (χ3v) is 6.55. The van der Waals surface area contributed by atoms with Crippen molar-refractivity contribution in [1.82, 2.24) is 14.3 Å². The van der Waals surface area contributed by atoms with E-state index in [2.05, 4.69) is 15.8 Å². The third-order valence-electron chi connectivity index (χ3n) is 6.55. The molecule has 0 radical (unpaired) electrons. The summed E-state index contributed by atoms with van der Waals surface area (Å²) < 4.78 is 12.3. The number of amides is 2. The summed E-state index contributed by atoms with van der Waals surface area (Å²) in [6.07, 6.45) is 3.86. The number of hydrogen-bond donors (Lipinski definition) is 1. The van der Waals surface area contributed by atoms with E-state index in [9.17, 15) is 9.59 Å². The predicted octanol–water partition coefficient (Wildman–Crippen LogP) is 5.21. The Kier molecular flexibility index (Phi) is 6.58. The lowest BCUT2D eigenvalue weighted by atomic mass is 9.97. The Morgan fingerprint density at radius 1 is 1.03 bits per heavy atom. The van der Waals surface area contributed by atoms with E-state index < -0.39 is 5.97 Å². The number of anilines is 1. The molecule has 1 unspecified atom stereocenters.